The number of aliphatic hydroxyl groups is 1. The quantitative estimate of drug-likeness (QED) is 0.887. The minimum Gasteiger partial charge on any atom is -0.496 e. The number of rotatable bonds is 4. The Morgan fingerprint density at radius 1 is 1.06 bits per heavy atom. The third-order valence-corrected chi connectivity index (χ3v) is 2.66. The van der Waals surface area contributed by atoms with Gasteiger partial charge in [0.25, 0.3) is 0 Å². The first-order valence-corrected chi connectivity index (χ1v) is 5.43. The van der Waals surface area contributed by atoms with Crippen molar-refractivity contribution in [2.45, 2.75) is 6.10 Å². The molecule has 0 spiro atoms. The second kappa shape index (κ2) is 5.46. The van der Waals surface area contributed by atoms with Crippen molar-refractivity contribution in [1.29, 1.82) is 0 Å². The Morgan fingerprint density at radius 2 is 1.72 bits per heavy atom. The molecule has 0 aliphatic rings. The highest BCUT2D eigenvalue weighted by Crippen LogP contribution is 2.36. The van der Waals surface area contributed by atoms with E-state index >= 15 is 0 Å². The van der Waals surface area contributed by atoms with Crippen molar-refractivity contribution in [2.24, 2.45) is 0 Å². The summed E-state index contributed by atoms with van der Waals surface area (Å²) in [7, 11) is 3.10. The van der Waals surface area contributed by atoms with E-state index in [1.165, 1.54) is 12.4 Å². The fourth-order valence-corrected chi connectivity index (χ4v) is 1.78. The van der Waals surface area contributed by atoms with Crippen LogP contribution < -0.4 is 9.47 Å². The van der Waals surface area contributed by atoms with Gasteiger partial charge in [0, 0.05) is 11.8 Å². The Balaban J connectivity index is 2.49. The predicted molar refractivity (Wildman–Crippen MR) is 65.6 cm³/mol. The largest absolute Gasteiger partial charge is 0.496 e. The van der Waals surface area contributed by atoms with Gasteiger partial charge in [0.2, 0.25) is 0 Å². The van der Waals surface area contributed by atoms with Crippen LogP contribution in [0.2, 0.25) is 0 Å². The molecule has 0 radical (unpaired) electrons. The average molecular weight is 246 g/mol. The van der Waals surface area contributed by atoms with Crippen LogP contribution in [-0.4, -0.2) is 29.5 Å². The van der Waals surface area contributed by atoms with Gasteiger partial charge in [0.15, 0.2) is 0 Å². The average Bonchev–Trinajstić information content (AvgIpc) is 2.46. The zero-order chi connectivity index (χ0) is 13.0. The molecule has 1 unspecified atom stereocenters. The molecule has 0 bridgehead atoms. The summed E-state index contributed by atoms with van der Waals surface area (Å²) in [5.41, 5.74) is 1.21. The van der Waals surface area contributed by atoms with Gasteiger partial charge in [-0.3, -0.25) is 0 Å². The Bertz CT molecular complexity index is 495. The predicted octanol–water partition coefficient (Wildman–Crippen LogP) is 1.58. The van der Waals surface area contributed by atoms with E-state index in [4.69, 9.17) is 9.47 Å². The normalized spacial score (nSPS) is 11.9. The van der Waals surface area contributed by atoms with Gasteiger partial charge in [-0.1, -0.05) is 6.07 Å². The molecule has 2 aromatic rings. The molecule has 2 rings (SSSR count). The van der Waals surface area contributed by atoms with Crippen molar-refractivity contribution in [3.05, 3.63) is 47.8 Å². The lowest BCUT2D eigenvalue weighted by atomic mass is 10.0. The highest BCUT2D eigenvalue weighted by molar-refractivity contribution is 5.49. The van der Waals surface area contributed by atoms with Crippen LogP contribution >= 0.6 is 0 Å². The molecule has 0 amide bonds. The molecule has 0 aliphatic carbocycles. The summed E-state index contributed by atoms with van der Waals surface area (Å²) < 4.78 is 10.5. The van der Waals surface area contributed by atoms with Crippen LogP contribution in [0.3, 0.4) is 0 Å². The zero-order valence-electron chi connectivity index (χ0n) is 10.2. The highest BCUT2D eigenvalue weighted by Gasteiger charge is 2.20. The lowest BCUT2D eigenvalue weighted by Crippen LogP contribution is -2.05. The Hall–Kier alpha value is -2.14. The van der Waals surface area contributed by atoms with Crippen molar-refractivity contribution in [3.63, 3.8) is 0 Å². The molecule has 5 nitrogen and oxygen atoms in total. The van der Waals surface area contributed by atoms with E-state index < -0.39 is 6.10 Å². The maximum Gasteiger partial charge on any atom is 0.128 e. The third kappa shape index (κ3) is 2.26. The smallest absolute Gasteiger partial charge is 0.128 e. The lowest BCUT2D eigenvalue weighted by molar-refractivity contribution is 0.208. The van der Waals surface area contributed by atoms with Gasteiger partial charge in [-0.15, -0.1) is 0 Å². The summed E-state index contributed by atoms with van der Waals surface area (Å²) in [6, 6.07) is 7.05. The van der Waals surface area contributed by atoms with Crippen LogP contribution in [0.1, 0.15) is 17.2 Å². The van der Waals surface area contributed by atoms with Gasteiger partial charge in [-0.05, 0) is 18.2 Å². The standard InChI is InChI=1S/C13H14N2O3/c1-17-10-4-3-5-11(18-2)12(10)13(16)9-6-7-14-15-8-9/h3-8,13,16H,1-2H3. The monoisotopic (exact) mass is 246 g/mol. The summed E-state index contributed by atoms with van der Waals surface area (Å²) in [6.07, 6.45) is 2.17. The lowest BCUT2D eigenvalue weighted by Gasteiger charge is -2.17. The van der Waals surface area contributed by atoms with Gasteiger partial charge in [-0.25, -0.2) is 0 Å². The number of benzene rings is 1. The van der Waals surface area contributed by atoms with Gasteiger partial charge in [0.05, 0.1) is 26.0 Å². The van der Waals surface area contributed by atoms with Gasteiger partial charge >= 0.3 is 0 Å². The van der Waals surface area contributed by atoms with E-state index in [0.29, 0.717) is 22.6 Å². The van der Waals surface area contributed by atoms with Crippen LogP contribution in [0.25, 0.3) is 0 Å². The first-order valence-electron chi connectivity index (χ1n) is 5.43. The zero-order valence-corrected chi connectivity index (χ0v) is 10.2. The number of ether oxygens (including phenoxy) is 2. The number of methoxy groups -OCH3 is 2. The van der Waals surface area contributed by atoms with E-state index in [1.807, 2.05) is 0 Å². The summed E-state index contributed by atoms with van der Waals surface area (Å²) in [5, 5.41) is 17.8. The van der Waals surface area contributed by atoms with Crippen LogP contribution in [0.15, 0.2) is 36.7 Å². The maximum absolute atomic E-state index is 10.4. The van der Waals surface area contributed by atoms with E-state index in [0.717, 1.165) is 0 Å². The molecular weight excluding hydrogens is 232 g/mol. The molecule has 0 aliphatic heterocycles. The highest BCUT2D eigenvalue weighted by atomic mass is 16.5. The topological polar surface area (TPSA) is 64.5 Å². The first-order chi connectivity index (χ1) is 8.77. The van der Waals surface area contributed by atoms with Crippen molar-refractivity contribution >= 4 is 0 Å². The van der Waals surface area contributed by atoms with Crippen LogP contribution in [0.5, 0.6) is 11.5 Å². The maximum atomic E-state index is 10.4. The molecule has 1 aromatic carbocycles. The molecule has 0 saturated carbocycles. The molecule has 0 saturated heterocycles. The second-order valence-electron chi connectivity index (χ2n) is 3.65. The van der Waals surface area contributed by atoms with E-state index in [1.54, 1.807) is 38.5 Å². The SMILES string of the molecule is COc1cccc(OC)c1C(O)c1ccnnc1. The molecule has 5 heteroatoms. The number of nitrogens with zero attached hydrogens (tertiary/aromatic N) is 2. The summed E-state index contributed by atoms with van der Waals surface area (Å²) in [6.45, 7) is 0. The van der Waals surface area contributed by atoms with Crippen LogP contribution in [0.4, 0.5) is 0 Å². The first kappa shape index (κ1) is 12.3. The summed E-state index contributed by atoms with van der Waals surface area (Å²) in [4.78, 5) is 0. The molecule has 1 atom stereocenters. The molecule has 94 valence electrons. The van der Waals surface area contributed by atoms with E-state index in [9.17, 15) is 5.11 Å². The minimum absolute atomic E-state index is 0.568. The minimum atomic E-state index is -0.869. The van der Waals surface area contributed by atoms with Crippen molar-refractivity contribution < 1.29 is 14.6 Å². The molecule has 1 heterocycles. The fourth-order valence-electron chi connectivity index (χ4n) is 1.78. The van der Waals surface area contributed by atoms with Crippen molar-refractivity contribution in [2.75, 3.05) is 14.2 Å². The Labute approximate surface area is 105 Å². The molecule has 1 N–H and O–H groups in total. The number of hydrogen-bond donors (Lipinski definition) is 1. The van der Waals surface area contributed by atoms with Crippen molar-refractivity contribution in [3.8, 4) is 11.5 Å². The summed E-state index contributed by atoms with van der Waals surface area (Å²) >= 11 is 0. The molecule has 0 fully saturated rings. The Morgan fingerprint density at radius 3 is 2.22 bits per heavy atom. The van der Waals surface area contributed by atoms with E-state index in [-0.39, 0.29) is 0 Å². The van der Waals surface area contributed by atoms with Crippen molar-refractivity contribution in [1.82, 2.24) is 10.2 Å². The van der Waals surface area contributed by atoms with E-state index in [2.05, 4.69) is 10.2 Å². The summed E-state index contributed by atoms with van der Waals surface area (Å²) in [5.74, 6) is 1.14. The fraction of sp³-hybridized carbons (Fsp3) is 0.231. The van der Waals surface area contributed by atoms with Gasteiger partial charge in [0.1, 0.15) is 17.6 Å². The number of hydrogen-bond acceptors (Lipinski definition) is 5. The second-order valence-corrected chi connectivity index (χ2v) is 3.65. The molecular formula is C13H14N2O3. The van der Waals surface area contributed by atoms with Gasteiger partial charge in [-0.2, -0.15) is 10.2 Å². The molecule has 18 heavy (non-hydrogen) atoms. The Kier molecular flexibility index (Phi) is 3.74. The molecule has 1 aromatic heterocycles. The third-order valence-electron chi connectivity index (χ3n) is 2.66. The van der Waals surface area contributed by atoms with Crippen LogP contribution in [-0.2, 0) is 0 Å². The van der Waals surface area contributed by atoms with Gasteiger partial charge < -0.3 is 14.6 Å². The number of aliphatic hydroxyl groups excluding tert-OH is 1. The van der Waals surface area contributed by atoms with Crippen LogP contribution in [0, 0.1) is 0 Å². The number of aromatic nitrogens is 2.